The van der Waals surface area contributed by atoms with Crippen LogP contribution in [0.3, 0.4) is 0 Å². The second-order valence-corrected chi connectivity index (χ2v) is 4.15. The SMILES string of the molecule is N#CCOc1cccc(NCC2CCCN2)c1. The summed E-state index contributed by atoms with van der Waals surface area (Å²) in [6.45, 7) is 2.15. The highest BCUT2D eigenvalue weighted by atomic mass is 16.5. The molecule has 0 amide bonds. The van der Waals surface area contributed by atoms with Gasteiger partial charge in [-0.05, 0) is 31.5 Å². The highest BCUT2D eigenvalue weighted by Crippen LogP contribution is 2.17. The molecule has 90 valence electrons. The van der Waals surface area contributed by atoms with Crippen molar-refractivity contribution in [2.75, 3.05) is 25.0 Å². The molecule has 1 saturated heterocycles. The van der Waals surface area contributed by atoms with E-state index in [0.29, 0.717) is 6.04 Å². The smallest absolute Gasteiger partial charge is 0.174 e. The third-order valence-corrected chi connectivity index (χ3v) is 2.85. The molecular formula is C13H17N3O. The number of nitriles is 1. The summed E-state index contributed by atoms with van der Waals surface area (Å²) in [5.74, 6) is 0.732. The van der Waals surface area contributed by atoms with Crippen LogP contribution in [0.15, 0.2) is 24.3 Å². The first-order valence-corrected chi connectivity index (χ1v) is 5.95. The summed E-state index contributed by atoms with van der Waals surface area (Å²) in [7, 11) is 0. The molecule has 0 bridgehead atoms. The molecule has 17 heavy (non-hydrogen) atoms. The molecule has 1 aromatic rings. The number of ether oxygens (including phenoxy) is 1. The molecule has 0 spiro atoms. The number of hydrogen-bond acceptors (Lipinski definition) is 4. The van der Waals surface area contributed by atoms with E-state index in [1.165, 1.54) is 12.8 Å². The van der Waals surface area contributed by atoms with Crippen LogP contribution >= 0.6 is 0 Å². The van der Waals surface area contributed by atoms with Crippen LogP contribution in [-0.2, 0) is 0 Å². The summed E-state index contributed by atoms with van der Waals surface area (Å²) in [6.07, 6.45) is 2.50. The zero-order valence-electron chi connectivity index (χ0n) is 9.78. The van der Waals surface area contributed by atoms with Gasteiger partial charge >= 0.3 is 0 Å². The van der Waals surface area contributed by atoms with E-state index >= 15 is 0 Å². The van der Waals surface area contributed by atoms with Crippen molar-refractivity contribution in [3.8, 4) is 11.8 Å². The van der Waals surface area contributed by atoms with Crippen molar-refractivity contribution in [1.29, 1.82) is 5.26 Å². The molecule has 1 unspecified atom stereocenters. The van der Waals surface area contributed by atoms with Crippen LogP contribution in [0.4, 0.5) is 5.69 Å². The van der Waals surface area contributed by atoms with Gasteiger partial charge in [0.1, 0.15) is 11.8 Å². The summed E-state index contributed by atoms with van der Waals surface area (Å²) in [4.78, 5) is 0. The number of nitrogens with zero attached hydrogens (tertiary/aromatic N) is 1. The largest absolute Gasteiger partial charge is 0.479 e. The maximum Gasteiger partial charge on any atom is 0.174 e. The molecule has 0 saturated carbocycles. The van der Waals surface area contributed by atoms with Crippen molar-refractivity contribution in [3.05, 3.63) is 24.3 Å². The van der Waals surface area contributed by atoms with Crippen LogP contribution in [0.2, 0.25) is 0 Å². The second-order valence-electron chi connectivity index (χ2n) is 4.15. The molecule has 1 aromatic carbocycles. The first kappa shape index (κ1) is 11.7. The van der Waals surface area contributed by atoms with E-state index in [2.05, 4.69) is 10.6 Å². The predicted molar refractivity (Wildman–Crippen MR) is 67.1 cm³/mol. The number of rotatable bonds is 5. The normalized spacial score (nSPS) is 18.6. The Morgan fingerprint density at radius 3 is 3.24 bits per heavy atom. The first-order valence-electron chi connectivity index (χ1n) is 5.95. The fourth-order valence-electron chi connectivity index (χ4n) is 1.98. The molecule has 0 aliphatic carbocycles. The zero-order valence-corrected chi connectivity index (χ0v) is 9.78. The fraction of sp³-hybridized carbons (Fsp3) is 0.462. The molecule has 2 rings (SSSR count). The molecule has 4 heteroatoms. The fourth-order valence-corrected chi connectivity index (χ4v) is 1.98. The van der Waals surface area contributed by atoms with E-state index in [4.69, 9.17) is 10.00 Å². The van der Waals surface area contributed by atoms with Gasteiger partial charge in [0.2, 0.25) is 0 Å². The van der Waals surface area contributed by atoms with E-state index in [1.807, 2.05) is 30.3 Å². The summed E-state index contributed by atoms with van der Waals surface area (Å²) in [6, 6.07) is 10.2. The molecule has 4 nitrogen and oxygen atoms in total. The lowest BCUT2D eigenvalue weighted by molar-refractivity contribution is 0.368. The predicted octanol–water partition coefficient (Wildman–Crippen LogP) is 1.75. The van der Waals surface area contributed by atoms with Gasteiger partial charge in [-0.2, -0.15) is 5.26 Å². The number of benzene rings is 1. The number of hydrogen-bond donors (Lipinski definition) is 2. The third kappa shape index (κ3) is 3.65. The van der Waals surface area contributed by atoms with Gasteiger partial charge in [-0.3, -0.25) is 0 Å². The van der Waals surface area contributed by atoms with Gasteiger partial charge in [0.05, 0.1) is 0 Å². The Labute approximate surface area is 102 Å². The molecule has 0 radical (unpaired) electrons. The standard InChI is InChI=1S/C13H17N3O/c14-6-8-17-13-5-1-3-11(9-13)16-10-12-4-2-7-15-12/h1,3,5,9,12,15-16H,2,4,7-8,10H2. The lowest BCUT2D eigenvalue weighted by Gasteiger charge is -2.13. The Balaban J connectivity index is 1.85. The Kier molecular flexibility index (Phi) is 4.23. The monoisotopic (exact) mass is 231 g/mol. The molecule has 2 N–H and O–H groups in total. The van der Waals surface area contributed by atoms with Crippen molar-refractivity contribution in [3.63, 3.8) is 0 Å². The maximum atomic E-state index is 8.44. The minimum atomic E-state index is 0.0909. The highest BCUT2D eigenvalue weighted by molar-refractivity contribution is 5.48. The van der Waals surface area contributed by atoms with Gasteiger partial charge in [0.15, 0.2) is 6.61 Å². The van der Waals surface area contributed by atoms with Gasteiger partial charge in [-0.25, -0.2) is 0 Å². The molecule has 1 atom stereocenters. The Morgan fingerprint density at radius 2 is 2.47 bits per heavy atom. The van der Waals surface area contributed by atoms with Crippen LogP contribution in [0.5, 0.6) is 5.75 Å². The lowest BCUT2D eigenvalue weighted by Crippen LogP contribution is -2.29. The van der Waals surface area contributed by atoms with Crippen LogP contribution in [-0.4, -0.2) is 25.7 Å². The summed E-state index contributed by atoms with van der Waals surface area (Å²) < 4.78 is 5.25. The van der Waals surface area contributed by atoms with E-state index in [0.717, 1.165) is 24.5 Å². The van der Waals surface area contributed by atoms with Crippen molar-refractivity contribution in [2.24, 2.45) is 0 Å². The van der Waals surface area contributed by atoms with Crippen LogP contribution in [0.25, 0.3) is 0 Å². The number of nitrogens with one attached hydrogen (secondary N) is 2. The van der Waals surface area contributed by atoms with E-state index < -0.39 is 0 Å². The van der Waals surface area contributed by atoms with Crippen molar-refractivity contribution in [2.45, 2.75) is 18.9 Å². The van der Waals surface area contributed by atoms with Crippen LogP contribution < -0.4 is 15.4 Å². The minimum absolute atomic E-state index is 0.0909. The van der Waals surface area contributed by atoms with Crippen molar-refractivity contribution < 1.29 is 4.74 Å². The molecule has 0 aromatic heterocycles. The minimum Gasteiger partial charge on any atom is -0.479 e. The third-order valence-electron chi connectivity index (χ3n) is 2.85. The molecular weight excluding hydrogens is 214 g/mol. The Morgan fingerprint density at radius 1 is 1.53 bits per heavy atom. The van der Waals surface area contributed by atoms with Gasteiger partial charge in [0.25, 0.3) is 0 Å². The summed E-state index contributed by atoms with van der Waals surface area (Å²) >= 11 is 0. The first-order chi connectivity index (χ1) is 8.38. The average Bonchev–Trinajstić information content (AvgIpc) is 2.87. The number of anilines is 1. The molecule has 1 fully saturated rings. The zero-order chi connectivity index (χ0) is 11.9. The quantitative estimate of drug-likeness (QED) is 0.810. The van der Waals surface area contributed by atoms with Crippen LogP contribution in [0, 0.1) is 11.3 Å². The van der Waals surface area contributed by atoms with Gasteiger partial charge in [-0.15, -0.1) is 0 Å². The average molecular weight is 231 g/mol. The van der Waals surface area contributed by atoms with E-state index in [1.54, 1.807) is 0 Å². The van der Waals surface area contributed by atoms with Gasteiger partial charge < -0.3 is 15.4 Å². The van der Waals surface area contributed by atoms with Crippen molar-refractivity contribution >= 4 is 5.69 Å². The van der Waals surface area contributed by atoms with Crippen molar-refractivity contribution in [1.82, 2.24) is 5.32 Å². The Bertz CT molecular complexity index is 394. The molecule has 1 aliphatic rings. The van der Waals surface area contributed by atoms with E-state index in [-0.39, 0.29) is 6.61 Å². The Hall–Kier alpha value is -1.73. The van der Waals surface area contributed by atoms with Crippen LogP contribution in [0.1, 0.15) is 12.8 Å². The van der Waals surface area contributed by atoms with Gasteiger partial charge in [-0.1, -0.05) is 6.07 Å². The lowest BCUT2D eigenvalue weighted by atomic mass is 10.2. The summed E-state index contributed by atoms with van der Waals surface area (Å²) in [5, 5.41) is 15.3. The molecule has 1 heterocycles. The highest BCUT2D eigenvalue weighted by Gasteiger charge is 2.12. The summed E-state index contributed by atoms with van der Waals surface area (Å²) in [5.41, 5.74) is 1.04. The van der Waals surface area contributed by atoms with E-state index in [9.17, 15) is 0 Å². The maximum absolute atomic E-state index is 8.44. The second kappa shape index (κ2) is 6.12. The topological polar surface area (TPSA) is 57.1 Å². The molecule has 1 aliphatic heterocycles. The van der Waals surface area contributed by atoms with Gasteiger partial charge in [0, 0.05) is 24.3 Å².